The molecule has 21 heavy (non-hydrogen) atoms. The van der Waals surface area contributed by atoms with E-state index in [-0.39, 0.29) is 5.02 Å². The topological polar surface area (TPSA) is 135 Å². The highest BCUT2D eigenvalue weighted by Gasteiger charge is 2.52. The smallest absolute Gasteiger partial charge is 0.258 e. The molecule has 114 valence electrons. The van der Waals surface area contributed by atoms with Crippen molar-refractivity contribution in [1.29, 1.82) is 5.26 Å². The summed E-state index contributed by atoms with van der Waals surface area (Å²) in [5.74, 6) is 0. The molecule has 12 heteroatoms. The predicted molar refractivity (Wildman–Crippen MR) is 77.4 cm³/mol. The van der Waals surface area contributed by atoms with Gasteiger partial charge < -0.3 is 0 Å². The van der Waals surface area contributed by atoms with Crippen LogP contribution in [0.3, 0.4) is 0 Å². The van der Waals surface area contributed by atoms with Crippen molar-refractivity contribution in [2.45, 2.75) is 7.88 Å². The van der Waals surface area contributed by atoms with Gasteiger partial charge in [0.25, 0.3) is 5.69 Å². The zero-order chi connectivity index (χ0) is 16.6. The van der Waals surface area contributed by atoms with Crippen LogP contribution in [-0.4, -0.2) is 31.0 Å². The summed E-state index contributed by atoms with van der Waals surface area (Å²) < 4.78 is 44.8. The first kappa shape index (κ1) is 17.8. The molecule has 0 saturated carbocycles. The number of nitrogens with zero attached hydrogens (tertiary/aromatic N) is 2. The van der Waals surface area contributed by atoms with Gasteiger partial charge in [0.2, 0.25) is 9.84 Å². The van der Waals surface area contributed by atoms with E-state index in [1.54, 1.807) is 0 Å². The van der Waals surface area contributed by atoms with Gasteiger partial charge in [-0.2, -0.15) is 5.26 Å². The van der Waals surface area contributed by atoms with Gasteiger partial charge in [0.15, 0.2) is 9.84 Å². The second kappa shape index (κ2) is 5.53. The SMILES string of the molecule is CS(=O)(=O)C(Br)(C#N)S(=O)(=O)c1ccc(Cl)c([N+](=O)[O-])c1. The van der Waals surface area contributed by atoms with Crippen molar-refractivity contribution in [3.63, 3.8) is 0 Å². The molecular formula is C9H6BrClN2O6S2. The van der Waals surface area contributed by atoms with E-state index in [0.29, 0.717) is 12.3 Å². The highest BCUT2D eigenvalue weighted by molar-refractivity contribution is 9.13. The fraction of sp³-hybridized carbons (Fsp3) is 0.222. The number of nitriles is 1. The molecule has 0 saturated heterocycles. The molecule has 0 aromatic heterocycles. The Hall–Kier alpha value is -1.22. The lowest BCUT2D eigenvalue weighted by molar-refractivity contribution is -0.384. The molecule has 0 radical (unpaired) electrons. The van der Waals surface area contributed by atoms with Crippen LogP contribution in [-0.2, 0) is 19.7 Å². The van der Waals surface area contributed by atoms with Crippen molar-refractivity contribution in [1.82, 2.24) is 0 Å². The van der Waals surface area contributed by atoms with Gasteiger partial charge in [-0.05, 0) is 28.1 Å². The zero-order valence-corrected chi connectivity index (χ0v) is 14.1. The van der Waals surface area contributed by atoms with Crippen LogP contribution in [0.5, 0.6) is 0 Å². The van der Waals surface area contributed by atoms with Gasteiger partial charge >= 0.3 is 2.99 Å². The van der Waals surface area contributed by atoms with E-state index >= 15 is 0 Å². The summed E-state index contributed by atoms with van der Waals surface area (Å²) in [5.41, 5.74) is -0.723. The molecule has 0 spiro atoms. The summed E-state index contributed by atoms with van der Waals surface area (Å²) in [6.07, 6.45) is 0.548. The van der Waals surface area contributed by atoms with E-state index in [4.69, 9.17) is 16.9 Å². The molecule has 0 bridgehead atoms. The molecule has 0 aliphatic rings. The van der Waals surface area contributed by atoms with Gasteiger partial charge in [0, 0.05) is 12.3 Å². The van der Waals surface area contributed by atoms with Crippen LogP contribution < -0.4 is 0 Å². The Bertz CT molecular complexity index is 861. The lowest BCUT2D eigenvalue weighted by Gasteiger charge is -2.17. The molecule has 0 amide bonds. The summed E-state index contributed by atoms with van der Waals surface area (Å²) in [6, 6.07) is 3.56. The average Bonchev–Trinajstić information content (AvgIpc) is 2.35. The molecule has 1 aromatic rings. The first-order valence-electron chi connectivity index (χ1n) is 4.87. The Labute approximate surface area is 133 Å². The van der Waals surface area contributed by atoms with E-state index < -0.39 is 38.2 Å². The maximum Gasteiger partial charge on any atom is 0.314 e. The average molecular weight is 418 g/mol. The number of hydrogen-bond acceptors (Lipinski definition) is 7. The summed E-state index contributed by atoms with van der Waals surface area (Å²) >= 11 is 7.95. The van der Waals surface area contributed by atoms with Gasteiger partial charge in [-0.25, -0.2) is 16.8 Å². The maximum absolute atomic E-state index is 12.3. The Morgan fingerprint density at radius 2 is 1.90 bits per heavy atom. The molecule has 0 N–H and O–H groups in total. The number of rotatable bonds is 4. The molecule has 1 rings (SSSR count). The summed E-state index contributed by atoms with van der Waals surface area (Å²) in [5, 5.41) is 19.4. The number of alkyl halides is 1. The maximum atomic E-state index is 12.3. The number of benzene rings is 1. The molecule has 0 aliphatic carbocycles. The molecule has 0 aliphatic heterocycles. The zero-order valence-electron chi connectivity index (χ0n) is 10.1. The molecule has 1 atom stereocenters. The van der Waals surface area contributed by atoms with Crippen molar-refractivity contribution in [3.05, 3.63) is 33.3 Å². The minimum absolute atomic E-state index is 0.324. The number of sulfone groups is 2. The van der Waals surface area contributed by atoms with Crippen LogP contribution in [0.2, 0.25) is 5.02 Å². The highest BCUT2D eigenvalue weighted by Crippen LogP contribution is 2.38. The Kier molecular flexibility index (Phi) is 4.69. The monoisotopic (exact) mass is 416 g/mol. The lowest BCUT2D eigenvalue weighted by atomic mass is 10.3. The van der Waals surface area contributed by atoms with Crippen LogP contribution in [0.1, 0.15) is 0 Å². The Morgan fingerprint density at radius 3 is 2.29 bits per heavy atom. The first-order valence-corrected chi connectivity index (χ1v) is 9.41. The quantitative estimate of drug-likeness (QED) is 0.412. The third kappa shape index (κ3) is 2.89. The van der Waals surface area contributed by atoms with Gasteiger partial charge in [-0.1, -0.05) is 11.6 Å². The highest BCUT2D eigenvalue weighted by atomic mass is 79.9. The molecule has 8 nitrogen and oxygen atoms in total. The first-order chi connectivity index (χ1) is 9.38. The third-order valence-electron chi connectivity index (χ3n) is 2.38. The second-order valence-electron chi connectivity index (χ2n) is 3.79. The van der Waals surface area contributed by atoms with Crippen LogP contribution in [0, 0.1) is 21.4 Å². The van der Waals surface area contributed by atoms with Gasteiger partial charge in [-0.15, -0.1) is 0 Å². The number of nitro benzene ring substituents is 1. The van der Waals surface area contributed by atoms with Crippen molar-refractivity contribution in [3.8, 4) is 6.07 Å². The minimum Gasteiger partial charge on any atom is -0.258 e. The van der Waals surface area contributed by atoms with Crippen molar-refractivity contribution in [2.75, 3.05) is 6.26 Å². The molecule has 0 fully saturated rings. The second-order valence-corrected chi connectivity index (χ2v) is 10.9. The lowest BCUT2D eigenvalue weighted by Crippen LogP contribution is -2.38. The third-order valence-corrected chi connectivity index (χ3v) is 10.2. The fourth-order valence-corrected chi connectivity index (χ4v) is 5.03. The van der Waals surface area contributed by atoms with E-state index in [0.717, 1.165) is 18.2 Å². The van der Waals surface area contributed by atoms with E-state index in [9.17, 15) is 26.9 Å². The van der Waals surface area contributed by atoms with Crippen LogP contribution in [0.15, 0.2) is 23.1 Å². The molecule has 1 aromatic carbocycles. The standard InChI is InChI=1S/C9H6BrClN2O6S2/c1-20(16,17)9(10,5-12)21(18,19)6-2-3-7(11)8(4-6)13(14)15/h2-4H,1H3. The van der Waals surface area contributed by atoms with Gasteiger partial charge in [0.1, 0.15) is 11.1 Å². The summed E-state index contributed by atoms with van der Waals surface area (Å²) in [4.78, 5) is 9.10. The van der Waals surface area contributed by atoms with Gasteiger partial charge in [-0.3, -0.25) is 10.1 Å². The normalized spacial score (nSPS) is 15.0. The molecule has 1 unspecified atom stereocenters. The van der Waals surface area contributed by atoms with Crippen molar-refractivity contribution < 1.29 is 21.8 Å². The van der Waals surface area contributed by atoms with E-state index in [1.807, 2.05) is 0 Å². The summed E-state index contributed by atoms with van der Waals surface area (Å²) in [7, 11) is -9.18. The van der Waals surface area contributed by atoms with E-state index in [2.05, 4.69) is 15.9 Å². The van der Waals surface area contributed by atoms with E-state index in [1.165, 1.54) is 0 Å². The number of halogens is 2. The largest absolute Gasteiger partial charge is 0.314 e. The predicted octanol–water partition coefficient (Wildman–Crippen LogP) is 1.64. The van der Waals surface area contributed by atoms with Crippen molar-refractivity contribution >= 4 is 52.9 Å². The van der Waals surface area contributed by atoms with Crippen LogP contribution in [0.4, 0.5) is 5.69 Å². The fourth-order valence-electron chi connectivity index (χ4n) is 1.29. The van der Waals surface area contributed by atoms with Crippen LogP contribution in [0.25, 0.3) is 0 Å². The summed E-state index contributed by atoms with van der Waals surface area (Å²) in [6.45, 7) is 0. The molecule has 0 heterocycles. The minimum atomic E-state index is -4.78. The Morgan fingerprint density at radius 1 is 1.38 bits per heavy atom. The number of nitro groups is 1. The Balaban J connectivity index is 3.72. The van der Waals surface area contributed by atoms with Crippen molar-refractivity contribution in [2.24, 2.45) is 0 Å². The number of hydrogen-bond donors (Lipinski definition) is 0. The molecular weight excluding hydrogens is 412 g/mol. The van der Waals surface area contributed by atoms with Crippen LogP contribution >= 0.6 is 27.5 Å². The van der Waals surface area contributed by atoms with Gasteiger partial charge in [0.05, 0.1) is 9.82 Å².